The quantitative estimate of drug-likeness (QED) is 0.169. The first-order chi connectivity index (χ1) is 20.7. The van der Waals surface area contributed by atoms with Crippen LogP contribution in [0.25, 0.3) is 0 Å². The van der Waals surface area contributed by atoms with E-state index in [-0.39, 0.29) is 24.6 Å². The highest BCUT2D eigenvalue weighted by molar-refractivity contribution is 5.56. The molecule has 0 bridgehead atoms. The van der Waals surface area contributed by atoms with Crippen LogP contribution in [0.15, 0.2) is 133 Å². The highest BCUT2D eigenvalue weighted by Crippen LogP contribution is 2.46. The van der Waals surface area contributed by atoms with E-state index in [1.807, 2.05) is 6.07 Å². The lowest BCUT2D eigenvalue weighted by Crippen LogP contribution is -2.45. The van der Waals surface area contributed by atoms with Crippen molar-refractivity contribution in [2.45, 2.75) is 38.1 Å². The molecule has 212 valence electrons. The molecule has 1 heterocycles. The van der Waals surface area contributed by atoms with Crippen molar-refractivity contribution in [3.8, 4) is 17.2 Å². The van der Waals surface area contributed by atoms with E-state index in [1.54, 1.807) is 12.1 Å². The van der Waals surface area contributed by atoms with Gasteiger partial charge in [-0.3, -0.25) is 4.90 Å². The first-order valence-corrected chi connectivity index (χ1v) is 14.5. The van der Waals surface area contributed by atoms with Crippen LogP contribution in [0.5, 0.6) is 17.2 Å². The van der Waals surface area contributed by atoms with Crippen LogP contribution in [0, 0.1) is 0 Å². The van der Waals surface area contributed by atoms with E-state index in [1.165, 1.54) is 22.3 Å². The average Bonchev–Trinajstić information content (AvgIpc) is 3.52. The Morgan fingerprint density at radius 1 is 0.619 bits per heavy atom. The van der Waals surface area contributed by atoms with Gasteiger partial charge < -0.3 is 19.9 Å². The highest BCUT2D eigenvalue weighted by atomic mass is 16.7. The van der Waals surface area contributed by atoms with Crippen LogP contribution in [0.3, 0.4) is 0 Å². The third kappa shape index (κ3) is 6.65. The zero-order chi connectivity index (χ0) is 28.6. The molecule has 0 saturated heterocycles. The van der Waals surface area contributed by atoms with Gasteiger partial charge in [0.15, 0.2) is 11.5 Å². The predicted octanol–water partition coefficient (Wildman–Crippen LogP) is 7.27. The molecular formula is C37H36N2O3. The molecule has 2 atom stereocenters. The first-order valence-electron chi connectivity index (χ1n) is 14.5. The summed E-state index contributed by atoms with van der Waals surface area (Å²) in [6, 6.07) is 45.3. The van der Waals surface area contributed by atoms with E-state index in [9.17, 15) is 5.11 Å². The second-order valence-corrected chi connectivity index (χ2v) is 10.7. The molecule has 5 nitrogen and oxygen atoms in total. The van der Waals surface area contributed by atoms with Gasteiger partial charge in [0.2, 0.25) is 6.79 Å². The maximum absolute atomic E-state index is 11.4. The normalized spacial score (nSPS) is 13.6. The molecule has 0 radical (unpaired) electrons. The van der Waals surface area contributed by atoms with E-state index in [0.29, 0.717) is 18.0 Å². The van der Waals surface area contributed by atoms with Crippen LogP contribution in [0.1, 0.15) is 33.9 Å². The van der Waals surface area contributed by atoms with Gasteiger partial charge in [0, 0.05) is 25.7 Å². The van der Waals surface area contributed by atoms with Crippen LogP contribution < -0.4 is 14.8 Å². The van der Waals surface area contributed by atoms with Crippen molar-refractivity contribution in [2.24, 2.45) is 0 Å². The lowest BCUT2D eigenvalue weighted by atomic mass is 9.90. The number of phenols is 1. The number of rotatable bonds is 12. The summed E-state index contributed by atoms with van der Waals surface area (Å²) in [4.78, 5) is 2.52. The second-order valence-electron chi connectivity index (χ2n) is 10.7. The molecular weight excluding hydrogens is 520 g/mol. The molecule has 1 aliphatic heterocycles. The van der Waals surface area contributed by atoms with Gasteiger partial charge in [-0.1, -0.05) is 121 Å². The summed E-state index contributed by atoms with van der Waals surface area (Å²) in [6.45, 7) is 2.25. The topological polar surface area (TPSA) is 54.0 Å². The van der Waals surface area contributed by atoms with Crippen molar-refractivity contribution < 1.29 is 14.6 Å². The summed E-state index contributed by atoms with van der Waals surface area (Å²) in [5.74, 6) is 1.46. The molecule has 5 heteroatoms. The number of nitrogens with zero attached hydrogens (tertiary/aromatic N) is 1. The van der Waals surface area contributed by atoms with E-state index in [4.69, 9.17) is 9.47 Å². The summed E-state index contributed by atoms with van der Waals surface area (Å²) in [5, 5.41) is 15.3. The van der Waals surface area contributed by atoms with Gasteiger partial charge in [-0.2, -0.15) is 0 Å². The zero-order valence-corrected chi connectivity index (χ0v) is 23.6. The van der Waals surface area contributed by atoms with Gasteiger partial charge in [-0.15, -0.1) is 0 Å². The van der Waals surface area contributed by atoms with Crippen molar-refractivity contribution in [2.75, 3.05) is 6.79 Å². The molecule has 5 aromatic carbocycles. The molecule has 0 fully saturated rings. The van der Waals surface area contributed by atoms with Gasteiger partial charge in [0.1, 0.15) is 5.75 Å². The molecule has 42 heavy (non-hydrogen) atoms. The Balaban J connectivity index is 1.47. The van der Waals surface area contributed by atoms with E-state index < -0.39 is 0 Å². The number of aromatic hydroxyl groups is 1. The maximum atomic E-state index is 11.4. The minimum absolute atomic E-state index is 0.0573. The Bertz CT molecular complexity index is 1500. The van der Waals surface area contributed by atoms with E-state index >= 15 is 0 Å². The summed E-state index contributed by atoms with van der Waals surface area (Å²) >= 11 is 0. The summed E-state index contributed by atoms with van der Waals surface area (Å²) in [5.41, 5.74) is 5.59. The monoisotopic (exact) mass is 556 g/mol. The second kappa shape index (κ2) is 13.4. The highest BCUT2D eigenvalue weighted by Gasteiger charge is 2.35. The molecule has 0 aliphatic carbocycles. The fraction of sp³-hybridized carbons (Fsp3) is 0.189. The van der Waals surface area contributed by atoms with Crippen molar-refractivity contribution >= 4 is 0 Å². The third-order valence-electron chi connectivity index (χ3n) is 7.83. The summed E-state index contributed by atoms with van der Waals surface area (Å²) < 4.78 is 11.8. The third-order valence-corrected chi connectivity index (χ3v) is 7.83. The van der Waals surface area contributed by atoms with Gasteiger partial charge in [0.25, 0.3) is 0 Å². The number of hydrogen-bond acceptors (Lipinski definition) is 5. The molecule has 5 aromatic rings. The lowest BCUT2D eigenvalue weighted by Gasteiger charge is -2.39. The van der Waals surface area contributed by atoms with Crippen LogP contribution in [-0.2, 0) is 26.1 Å². The summed E-state index contributed by atoms with van der Waals surface area (Å²) in [6.07, 6.45) is 0.761. The Kier molecular flexibility index (Phi) is 8.79. The smallest absolute Gasteiger partial charge is 0.231 e. The Morgan fingerprint density at radius 2 is 1.14 bits per heavy atom. The minimum atomic E-state index is -0.283. The van der Waals surface area contributed by atoms with Crippen LogP contribution in [-0.4, -0.2) is 22.8 Å². The van der Waals surface area contributed by atoms with Gasteiger partial charge in [0.05, 0.1) is 11.6 Å². The SMILES string of the molecule is Oc1ccc2c(c1[C@@H](NCc1ccccc1)[C@H](Cc1ccccc1)N(Cc1ccccc1)Cc1ccccc1)OCO2. The van der Waals surface area contributed by atoms with Crippen molar-refractivity contribution in [1.29, 1.82) is 0 Å². The number of phenolic OH excluding ortho intramolecular Hbond substituents is 1. The average molecular weight is 557 g/mol. The molecule has 0 saturated carbocycles. The maximum Gasteiger partial charge on any atom is 0.231 e. The fourth-order valence-corrected chi connectivity index (χ4v) is 5.78. The number of hydrogen-bond donors (Lipinski definition) is 2. The Hall–Kier alpha value is -4.58. The van der Waals surface area contributed by atoms with Gasteiger partial charge >= 0.3 is 0 Å². The number of benzene rings is 5. The van der Waals surface area contributed by atoms with Crippen LogP contribution >= 0.6 is 0 Å². The van der Waals surface area contributed by atoms with Crippen molar-refractivity contribution in [1.82, 2.24) is 10.2 Å². The lowest BCUT2D eigenvalue weighted by molar-refractivity contribution is 0.132. The molecule has 2 N–H and O–H groups in total. The van der Waals surface area contributed by atoms with E-state index in [2.05, 4.69) is 125 Å². The largest absolute Gasteiger partial charge is 0.507 e. The first kappa shape index (κ1) is 27.6. The number of ether oxygens (including phenoxy) is 2. The molecule has 1 aliphatic rings. The fourth-order valence-electron chi connectivity index (χ4n) is 5.78. The number of fused-ring (bicyclic) bond motifs is 1. The Morgan fingerprint density at radius 3 is 1.71 bits per heavy atom. The molecule has 0 aromatic heterocycles. The predicted molar refractivity (Wildman–Crippen MR) is 166 cm³/mol. The number of nitrogens with one attached hydrogen (secondary N) is 1. The van der Waals surface area contributed by atoms with Crippen LogP contribution in [0.4, 0.5) is 0 Å². The Labute approximate surface area is 248 Å². The van der Waals surface area contributed by atoms with E-state index in [0.717, 1.165) is 25.1 Å². The molecule has 0 amide bonds. The van der Waals surface area contributed by atoms with Crippen molar-refractivity contribution in [3.05, 3.63) is 161 Å². The van der Waals surface area contributed by atoms with Crippen molar-refractivity contribution in [3.63, 3.8) is 0 Å². The molecule has 6 rings (SSSR count). The standard InChI is InChI=1S/C37H36N2O3/c40-33-21-22-34-37(42-27-41-34)35(33)36(38-24-29-15-7-2-8-16-29)32(23-28-13-5-1-6-14-28)39(25-30-17-9-3-10-18-30)26-31-19-11-4-12-20-31/h1-22,32,36,38,40H,23-27H2/t32-,36-/m0/s1. The zero-order valence-electron chi connectivity index (χ0n) is 23.6. The van der Waals surface area contributed by atoms with Gasteiger partial charge in [-0.25, -0.2) is 0 Å². The summed E-state index contributed by atoms with van der Waals surface area (Å²) in [7, 11) is 0. The minimum Gasteiger partial charge on any atom is -0.507 e. The molecule has 0 spiro atoms. The van der Waals surface area contributed by atoms with Crippen LogP contribution in [0.2, 0.25) is 0 Å². The molecule has 0 unspecified atom stereocenters. The van der Waals surface area contributed by atoms with Gasteiger partial charge in [-0.05, 0) is 40.8 Å².